The molecular weight excluding hydrogens is 270 g/mol. The summed E-state index contributed by atoms with van der Waals surface area (Å²) in [7, 11) is 0. The van der Waals surface area contributed by atoms with Crippen molar-refractivity contribution in [1.29, 1.82) is 0 Å². The van der Waals surface area contributed by atoms with Crippen molar-refractivity contribution in [3.05, 3.63) is 48.0 Å². The monoisotopic (exact) mass is 285 g/mol. The Balaban J connectivity index is 1.84. The van der Waals surface area contributed by atoms with Gasteiger partial charge in [-0.1, -0.05) is 0 Å². The molecule has 0 aromatic carbocycles. The summed E-state index contributed by atoms with van der Waals surface area (Å²) in [5.41, 5.74) is 0.587. The molecule has 108 valence electrons. The van der Waals surface area contributed by atoms with Gasteiger partial charge in [0.2, 0.25) is 0 Å². The molecule has 1 saturated carbocycles. The predicted molar refractivity (Wildman–Crippen MR) is 76.5 cm³/mol. The van der Waals surface area contributed by atoms with Crippen LogP contribution >= 0.6 is 0 Å². The standard InChI is InChI=1S/C15H15N3O3/c19-14(12-7-3-9-18(12)10-4-1-5-10)17-11-6-2-8-16-13(11)15(20)21/h2-3,6-10H,1,4-5H2,(H,17,19)(H,20,21). The Hall–Kier alpha value is -2.63. The highest BCUT2D eigenvalue weighted by atomic mass is 16.4. The second-order valence-corrected chi connectivity index (χ2v) is 5.04. The number of amides is 1. The van der Waals surface area contributed by atoms with E-state index >= 15 is 0 Å². The molecule has 3 rings (SSSR count). The number of carboxylic acids is 1. The highest BCUT2D eigenvalue weighted by Gasteiger charge is 2.24. The molecule has 6 nitrogen and oxygen atoms in total. The van der Waals surface area contributed by atoms with Crippen molar-refractivity contribution >= 4 is 17.6 Å². The van der Waals surface area contributed by atoms with E-state index in [1.54, 1.807) is 12.1 Å². The highest BCUT2D eigenvalue weighted by molar-refractivity contribution is 6.06. The van der Waals surface area contributed by atoms with E-state index in [0.29, 0.717) is 11.7 Å². The fourth-order valence-corrected chi connectivity index (χ4v) is 2.43. The van der Waals surface area contributed by atoms with Gasteiger partial charge in [-0.25, -0.2) is 9.78 Å². The number of anilines is 1. The molecule has 0 saturated heterocycles. The molecule has 2 N–H and O–H groups in total. The Morgan fingerprint density at radius 2 is 2.10 bits per heavy atom. The average Bonchev–Trinajstić information content (AvgIpc) is 2.86. The zero-order valence-corrected chi connectivity index (χ0v) is 11.3. The first-order valence-electron chi connectivity index (χ1n) is 6.83. The van der Waals surface area contributed by atoms with E-state index in [-0.39, 0.29) is 17.3 Å². The Morgan fingerprint density at radius 1 is 1.29 bits per heavy atom. The number of hydrogen-bond acceptors (Lipinski definition) is 3. The summed E-state index contributed by atoms with van der Waals surface area (Å²) in [6.07, 6.45) is 6.59. The Bertz CT molecular complexity index is 689. The van der Waals surface area contributed by atoms with Crippen molar-refractivity contribution < 1.29 is 14.7 Å². The van der Waals surface area contributed by atoms with E-state index in [0.717, 1.165) is 12.8 Å². The molecule has 1 aliphatic rings. The average molecular weight is 285 g/mol. The fourth-order valence-electron chi connectivity index (χ4n) is 2.43. The Labute approximate surface area is 121 Å². The van der Waals surface area contributed by atoms with E-state index in [1.165, 1.54) is 18.7 Å². The summed E-state index contributed by atoms with van der Waals surface area (Å²) >= 11 is 0. The Morgan fingerprint density at radius 3 is 2.76 bits per heavy atom. The summed E-state index contributed by atoms with van der Waals surface area (Å²) in [4.78, 5) is 27.2. The summed E-state index contributed by atoms with van der Waals surface area (Å²) in [6.45, 7) is 0. The maximum Gasteiger partial charge on any atom is 0.356 e. The molecule has 6 heteroatoms. The van der Waals surface area contributed by atoms with Gasteiger partial charge in [0.1, 0.15) is 5.69 Å². The van der Waals surface area contributed by atoms with Crippen LogP contribution in [0.3, 0.4) is 0 Å². The van der Waals surface area contributed by atoms with Crippen molar-refractivity contribution in [2.24, 2.45) is 0 Å². The van der Waals surface area contributed by atoms with Crippen LogP contribution in [0.15, 0.2) is 36.7 Å². The molecule has 0 radical (unpaired) electrons. The number of carbonyl (C=O) groups is 2. The molecule has 2 heterocycles. The summed E-state index contributed by atoms with van der Waals surface area (Å²) in [5, 5.41) is 11.7. The molecule has 1 fully saturated rings. The van der Waals surface area contributed by atoms with Crippen LogP contribution in [0.25, 0.3) is 0 Å². The van der Waals surface area contributed by atoms with Gasteiger partial charge in [0.25, 0.3) is 5.91 Å². The number of pyridine rings is 1. The van der Waals surface area contributed by atoms with Gasteiger partial charge >= 0.3 is 5.97 Å². The van der Waals surface area contributed by atoms with Gasteiger partial charge in [0.05, 0.1) is 5.69 Å². The molecule has 1 aliphatic carbocycles. The van der Waals surface area contributed by atoms with Crippen molar-refractivity contribution in [3.63, 3.8) is 0 Å². The van der Waals surface area contributed by atoms with E-state index in [4.69, 9.17) is 5.11 Å². The van der Waals surface area contributed by atoms with Crippen LogP contribution in [0.4, 0.5) is 5.69 Å². The molecular formula is C15H15N3O3. The van der Waals surface area contributed by atoms with Gasteiger partial charge in [-0.2, -0.15) is 0 Å². The summed E-state index contributed by atoms with van der Waals surface area (Å²) in [6, 6.07) is 7.06. The number of hydrogen-bond donors (Lipinski definition) is 2. The lowest BCUT2D eigenvalue weighted by atomic mass is 9.93. The minimum absolute atomic E-state index is 0.160. The van der Waals surface area contributed by atoms with Gasteiger partial charge in [0.15, 0.2) is 5.69 Å². The maximum absolute atomic E-state index is 12.4. The molecule has 21 heavy (non-hydrogen) atoms. The van der Waals surface area contributed by atoms with Crippen LogP contribution in [0.1, 0.15) is 46.3 Å². The van der Waals surface area contributed by atoms with Crippen LogP contribution in [-0.4, -0.2) is 26.5 Å². The molecule has 1 amide bonds. The molecule has 0 unspecified atom stereocenters. The predicted octanol–water partition coefficient (Wildman–Crippen LogP) is 2.56. The molecule has 0 spiro atoms. The smallest absolute Gasteiger partial charge is 0.356 e. The summed E-state index contributed by atoms with van der Waals surface area (Å²) in [5.74, 6) is -1.48. The molecule has 0 bridgehead atoms. The molecule has 0 atom stereocenters. The lowest BCUT2D eigenvalue weighted by molar-refractivity contribution is 0.0691. The number of carbonyl (C=O) groups excluding carboxylic acids is 1. The third-order valence-corrected chi connectivity index (χ3v) is 3.74. The second kappa shape index (κ2) is 5.40. The quantitative estimate of drug-likeness (QED) is 0.904. The van der Waals surface area contributed by atoms with Crippen LogP contribution in [0.5, 0.6) is 0 Å². The van der Waals surface area contributed by atoms with E-state index in [1.807, 2.05) is 16.8 Å². The first-order valence-corrected chi connectivity index (χ1v) is 6.83. The van der Waals surface area contributed by atoms with Crippen LogP contribution in [0.2, 0.25) is 0 Å². The van der Waals surface area contributed by atoms with E-state index in [9.17, 15) is 9.59 Å². The minimum atomic E-state index is -1.17. The van der Waals surface area contributed by atoms with Crippen molar-refractivity contribution in [2.45, 2.75) is 25.3 Å². The van der Waals surface area contributed by atoms with Crippen LogP contribution in [-0.2, 0) is 0 Å². The third-order valence-electron chi connectivity index (χ3n) is 3.74. The largest absolute Gasteiger partial charge is 0.476 e. The lowest BCUT2D eigenvalue weighted by Gasteiger charge is -2.28. The van der Waals surface area contributed by atoms with Gasteiger partial charge in [-0.05, 0) is 43.5 Å². The molecule has 0 aliphatic heterocycles. The topological polar surface area (TPSA) is 84.2 Å². The lowest BCUT2D eigenvalue weighted by Crippen LogP contribution is -2.24. The van der Waals surface area contributed by atoms with Gasteiger partial charge in [-0.3, -0.25) is 4.79 Å². The number of nitrogens with zero attached hydrogens (tertiary/aromatic N) is 2. The SMILES string of the molecule is O=C(O)c1ncccc1NC(=O)c1cccn1C1CCC1. The van der Waals surface area contributed by atoms with Crippen LogP contribution < -0.4 is 5.32 Å². The zero-order valence-electron chi connectivity index (χ0n) is 11.3. The number of aromatic carboxylic acids is 1. The number of carboxylic acid groups (broad SMARTS) is 1. The normalized spacial score (nSPS) is 14.5. The van der Waals surface area contributed by atoms with Gasteiger partial charge in [0, 0.05) is 18.4 Å². The van der Waals surface area contributed by atoms with Crippen molar-refractivity contribution in [2.75, 3.05) is 5.32 Å². The van der Waals surface area contributed by atoms with Gasteiger partial charge < -0.3 is 15.0 Å². The number of aromatic nitrogens is 2. The summed E-state index contributed by atoms with van der Waals surface area (Å²) < 4.78 is 1.95. The molecule has 2 aromatic heterocycles. The van der Waals surface area contributed by atoms with Gasteiger partial charge in [-0.15, -0.1) is 0 Å². The first kappa shape index (κ1) is 13.4. The Kier molecular flexibility index (Phi) is 3.43. The third kappa shape index (κ3) is 2.52. The zero-order chi connectivity index (χ0) is 14.8. The van der Waals surface area contributed by atoms with Crippen LogP contribution in [0, 0.1) is 0 Å². The number of nitrogens with one attached hydrogen (secondary N) is 1. The van der Waals surface area contributed by atoms with Crippen molar-refractivity contribution in [3.8, 4) is 0 Å². The first-order chi connectivity index (χ1) is 10.2. The highest BCUT2D eigenvalue weighted by Crippen LogP contribution is 2.32. The minimum Gasteiger partial charge on any atom is -0.476 e. The van der Waals surface area contributed by atoms with E-state index in [2.05, 4.69) is 10.3 Å². The maximum atomic E-state index is 12.4. The van der Waals surface area contributed by atoms with Crippen molar-refractivity contribution in [1.82, 2.24) is 9.55 Å². The fraction of sp³-hybridized carbons (Fsp3) is 0.267. The number of rotatable bonds is 4. The van der Waals surface area contributed by atoms with E-state index < -0.39 is 5.97 Å². The second-order valence-electron chi connectivity index (χ2n) is 5.04. The molecule has 2 aromatic rings.